The van der Waals surface area contributed by atoms with Crippen molar-refractivity contribution in [3.8, 4) is 0 Å². The quantitative estimate of drug-likeness (QED) is 0.721. The molecule has 0 aliphatic rings. The fraction of sp³-hybridized carbons (Fsp3) is 0.0952. The number of nitrogens with one attached hydrogen (secondary N) is 2. The molecular weight excluding hydrogens is 326 g/mol. The molecule has 5 heteroatoms. The Morgan fingerprint density at radius 3 is 2.12 bits per heavy atom. The second-order valence-corrected chi connectivity index (χ2v) is 5.81. The number of anilines is 1. The number of amides is 2. The molecule has 0 fully saturated rings. The van der Waals surface area contributed by atoms with E-state index in [1.165, 1.54) is 0 Å². The first-order valence-electron chi connectivity index (χ1n) is 8.33. The van der Waals surface area contributed by atoms with Crippen LogP contribution in [0.15, 0.2) is 85.2 Å². The van der Waals surface area contributed by atoms with E-state index in [0.29, 0.717) is 17.7 Å². The van der Waals surface area contributed by atoms with E-state index in [-0.39, 0.29) is 11.8 Å². The molecule has 0 saturated heterocycles. The molecule has 3 rings (SSSR count). The summed E-state index contributed by atoms with van der Waals surface area (Å²) in [6.45, 7) is 0. The molecule has 2 amide bonds. The van der Waals surface area contributed by atoms with Crippen molar-refractivity contribution >= 4 is 17.5 Å². The third kappa shape index (κ3) is 4.77. The zero-order valence-electron chi connectivity index (χ0n) is 14.1. The lowest BCUT2D eigenvalue weighted by Gasteiger charge is -2.19. The first kappa shape index (κ1) is 17.4. The Labute approximate surface area is 152 Å². The molecule has 5 nitrogen and oxygen atoms in total. The molecule has 0 aliphatic heterocycles. The van der Waals surface area contributed by atoms with Crippen molar-refractivity contribution in [1.82, 2.24) is 10.3 Å². The summed E-state index contributed by atoms with van der Waals surface area (Å²) >= 11 is 0. The van der Waals surface area contributed by atoms with Crippen LogP contribution in [0.5, 0.6) is 0 Å². The SMILES string of the molecule is O=C(NC(Cc1ccccc1)C(=O)Nc1ccncc1)c1ccccc1. The van der Waals surface area contributed by atoms with Gasteiger partial charge in [0.2, 0.25) is 5.91 Å². The molecule has 0 saturated carbocycles. The van der Waals surface area contributed by atoms with Crippen LogP contribution < -0.4 is 10.6 Å². The van der Waals surface area contributed by atoms with E-state index >= 15 is 0 Å². The molecule has 2 aromatic carbocycles. The van der Waals surface area contributed by atoms with Crippen LogP contribution in [0.4, 0.5) is 5.69 Å². The number of rotatable bonds is 6. The molecule has 1 unspecified atom stereocenters. The monoisotopic (exact) mass is 345 g/mol. The summed E-state index contributed by atoms with van der Waals surface area (Å²) in [6.07, 6.45) is 3.60. The number of pyridine rings is 1. The van der Waals surface area contributed by atoms with Gasteiger partial charge in [0.1, 0.15) is 6.04 Å². The third-order valence-electron chi connectivity index (χ3n) is 3.89. The van der Waals surface area contributed by atoms with Crippen LogP contribution in [0, 0.1) is 0 Å². The Bertz CT molecular complexity index is 852. The van der Waals surface area contributed by atoms with Gasteiger partial charge in [0, 0.05) is 30.1 Å². The van der Waals surface area contributed by atoms with Crippen LogP contribution in [0.25, 0.3) is 0 Å². The van der Waals surface area contributed by atoms with E-state index in [2.05, 4.69) is 15.6 Å². The predicted octanol–water partition coefficient (Wildman–Crippen LogP) is 3.06. The van der Waals surface area contributed by atoms with Crippen LogP contribution in [-0.2, 0) is 11.2 Å². The minimum atomic E-state index is -0.696. The highest BCUT2D eigenvalue weighted by Crippen LogP contribution is 2.09. The van der Waals surface area contributed by atoms with Crippen molar-refractivity contribution in [2.75, 3.05) is 5.32 Å². The number of benzene rings is 2. The van der Waals surface area contributed by atoms with E-state index in [1.807, 2.05) is 36.4 Å². The Hall–Kier alpha value is -3.47. The average molecular weight is 345 g/mol. The van der Waals surface area contributed by atoms with Gasteiger partial charge in [0.25, 0.3) is 5.91 Å². The highest BCUT2D eigenvalue weighted by molar-refractivity contribution is 6.01. The Kier molecular flexibility index (Phi) is 5.72. The van der Waals surface area contributed by atoms with Gasteiger partial charge in [-0.2, -0.15) is 0 Å². The van der Waals surface area contributed by atoms with Gasteiger partial charge >= 0.3 is 0 Å². The first-order chi connectivity index (χ1) is 12.7. The molecule has 0 radical (unpaired) electrons. The molecule has 2 N–H and O–H groups in total. The highest BCUT2D eigenvalue weighted by atomic mass is 16.2. The molecular formula is C21H19N3O2. The normalized spacial score (nSPS) is 11.4. The Morgan fingerprint density at radius 1 is 0.846 bits per heavy atom. The zero-order valence-corrected chi connectivity index (χ0v) is 14.1. The van der Waals surface area contributed by atoms with E-state index in [4.69, 9.17) is 0 Å². The minimum absolute atomic E-state index is 0.274. The summed E-state index contributed by atoms with van der Waals surface area (Å²) in [7, 11) is 0. The van der Waals surface area contributed by atoms with Crippen molar-refractivity contribution in [3.63, 3.8) is 0 Å². The molecule has 1 heterocycles. The molecule has 1 aromatic heterocycles. The molecule has 130 valence electrons. The van der Waals surface area contributed by atoms with E-state index in [9.17, 15) is 9.59 Å². The smallest absolute Gasteiger partial charge is 0.251 e. The molecule has 0 spiro atoms. The summed E-state index contributed by atoms with van der Waals surface area (Å²) in [6, 6.07) is 21.2. The van der Waals surface area contributed by atoms with E-state index < -0.39 is 6.04 Å². The summed E-state index contributed by atoms with van der Waals surface area (Å²) in [5.41, 5.74) is 2.12. The van der Waals surface area contributed by atoms with Crippen LogP contribution in [0.3, 0.4) is 0 Å². The van der Waals surface area contributed by atoms with Crippen LogP contribution >= 0.6 is 0 Å². The fourth-order valence-electron chi connectivity index (χ4n) is 2.55. The summed E-state index contributed by atoms with van der Waals surface area (Å²) < 4.78 is 0. The van der Waals surface area contributed by atoms with Crippen molar-refractivity contribution in [3.05, 3.63) is 96.3 Å². The van der Waals surface area contributed by atoms with Gasteiger partial charge in [-0.3, -0.25) is 14.6 Å². The van der Waals surface area contributed by atoms with Crippen molar-refractivity contribution in [2.45, 2.75) is 12.5 Å². The van der Waals surface area contributed by atoms with E-state index in [1.54, 1.807) is 48.8 Å². The number of aromatic nitrogens is 1. The van der Waals surface area contributed by atoms with Crippen molar-refractivity contribution in [2.24, 2.45) is 0 Å². The molecule has 26 heavy (non-hydrogen) atoms. The maximum atomic E-state index is 12.7. The maximum absolute atomic E-state index is 12.7. The van der Waals surface area contributed by atoms with Gasteiger partial charge in [-0.05, 0) is 29.8 Å². The number of carbonyl (C=O) groups excluding carboxylic acids is 2. The Balaban J connectivity index is 1.76. The summed E-state index contributed by atoms with van der Waals surface area (Å²) in [5.74, 6) is -0.555. The van der Waals surface area contributed by atoms with Gasteiger partial charge in [0.15, 0.2) is 0 Å². The van der Waals surface area contributed by atoms with Crippen molar-refractivity contribution < 1.29 is 9.59 Å². The molecule has 0 aliphatic carbocycles. The summed E-state index contributed by atoms with van der Waals surface area (Å²) in [4.78, 5) is 29.2. The third-order valence-corrected chi connectivity index (χ3v) is 3.89. The molecule has 1 atom stereocenters. The highest BCUT2D eigenvalue weighted by Gasteiger charge is 2.22. The topological polar surface area (TPSA) is 71.1 Å². The lowest BCUT2D eigenvalue weighted by molar-refractivity contribution is -0.118. The van der Waals surface area contributed by atoms with Gasteiger partial charge in [-0.15, -0.1) is 0 Å². The van der Waals surface area contributed by atoms with Gasteiger partial charge < -0.3 is 10.6 Å². The fourth-order valence-corrected chi connectivity index (χ4v) is 2.55. The lowest BCUT2D eigenvalue weighted by atomic mass is 10.0. The second-order valence-electron chi connectivity index (χ2n) is 5.81. The van der Waals surface area contributed by atoms with Crippen LogP contribution in [0.1, 0.15) is 15.9 Å². The number of hydrogen-bond donors (Lipinski definition) is 2. The zero-order chi connectivity index (χ0) is 18.2. The van der Waals surface area contributed by atoms with Crippen molar-refractivity contribution in [1.29, 1.82) is 0 Å². The number of nitrogens with zero attached hydrogens (tertiary/aromatic N) is 1. The Morgan fingerprint density at radius 2 is 1.46 bits per heavy atom. The minimum Gasteiger partial charge on any atom is -0.340 e. The average Bonchev–Trinajstić information content (AvgIpc) is 2.69. The second kappa shape index (κ2) is 8.58. The number of carbonyl (C=O) groups is 2. The predicted molar refractivity (Wildman–Crippen MR) is 101 cm³/mol. The standard InChI is InChI=1S/C21H19N3O2/c25-20(17-9-5-2-6-10-17)24-19(15-16-7-3-1-4-8-16)21(26)23-18-11-13-22-14-12-18/h1-14,19H,15H2,(H,24,25)(H,22,23,26). The molecule has 0 bridgehead atoms. The largest absolute Gasteiger partial charge is 0.340 e. The summed E-state index contributed by atoms with van der Waals surface area (Å²) in [5, 5.41) is 5.66. The van der Waals surface area contributed by atoms with Gasteiger partial charge in [-0.25, -0.2) is 0 Å². The van der Waals surface area contributed by atoms with Gasteiger partial charge in [0.05, 0.1) is 0 Å². The van der Waals surface area contributed by atoms with Crippen LogP contribution in [-0.4, -0.2) is 22.8 Å². The molecule has 3 aromatic rings. The van der Waals surface area contributed by atoms with E-state index in [0.717, 1.165) is 5.56 Å². The van der Waals surface area contributed by atoms with Gasteiger partial charge in [-0.1, -0.05) is 48.5 Å². The maximum Gasteiger partial charge on any atom is 0.251 e. The lowest BCUT2D eigenvalue weighted by Crippen LogP contribution is -2.45. The van der Waals surface area contributed by atoms with Crippen LogP contribution in [0.2, 0.25) is 0 Å². The number of hydrogen-bond acceptors (Lipinski definition) is 3. The first-order valence-corrected chi connectivity index (χ1v) is 8.33.